The van der Waals surface area contributed by atoms with Gasteiger partial charge in [-0.2, -0.15) is 0 Å². The van der Waals surface area contributed by atoms with Crippen molar-refractivity contribution in [3.05, 3.63) is 29.6 Å². The van der Waals surface area contributed by atoms with Crippen LogP contribution in [0, 0.1) is 5.82 Å². The molecule has 0 amide bonds. The van der Waals surface area contributed by atoms with Gasteiger partial charge in [0.25, 0.3) is 0 Å². The van der Waals surface area contributed by atoms with Crippen LogP contribution in [0.25, 0.3) is 0 Å². The standard InChI is InChI=1S/C12H17FN2O3/c1-2-17-6-3-7-18-11-5-4-9(8-10(11)13)12(14)15-16/h4-5,8,16H,2-3,6-7H2,1H3,(H2,14,15). The molecule has 0 spiro atoms. The summed E-state index contributed by atoms with van der Waals surface area (Å²) in [6.45, 7) is 3.52. The lowest BCUT2D eigenvalue weighted by molar-refractivity contribution is 0.130. The van der Waals surface area contributed by atoms with Crippen LogP contribution in [0.4, 0.5) is 4.39 Å². The highest BCUT2D eigenvalue weighted by molar-refractivity contribution is 5.97. The Hall–Kier alpha value is -1.82. The molecular weight excluding hydrogens is 239 g/mol. The molecule has 0 atom stereocenters. The summed E-state index contributed by atoms with van der Waals surface area (Å²) in [7, 11) is 0. The van der Waals surface area contributed by atoms with Gasteiger partial charge in [-0.25, -0.2) is 4.39 Å². The number of rotatable bonds is 7. The van der Waals surface area contributed by atoms with Gasteiger partial charge in [-0.3, -0.25) is 0 Å². The fourth-order valence-electron chi connectivity index (χ4n) is 1.32. The van der Waals surface area contributed by atoms with Crippen LogP contribution < -0.4 is 10.5 Å². The van der Waals surface area contributed by atoms with Crippen LogP contribution in [0.3, 0.4) is 0 Å². The largest absolute Gasteiger partial charge is 0.490 e. The van der Waals surface area contributed by atoms with E-state index >= 15 is 0 Å². The van der Waals surface area contributed by atoms with E-state index in [1.54, 1.807) is 0 Å². The molecule has 0 aliphatic carbocycles. The Kier molecular flexibility index (Phi) is 5.93. The first-order chi connectivity index (χ1) is 8.69. The number of amidine groups is 1. The smallest absolute Gasteiger partial charge is 0.170 e. The maximum Gasteiger partial charge on any atom is 0.170 e. The first kappa shape index (κ1) is 14.2. The number of nitrogens with two attached hydrogens (primary N) is 1. The van der Waals surface area contributed by atoms with E-state index in [-0.39, 0.29) is 11.6 Å². The minimum absolute atomic E-state index is 0.140. The predicted octanol–water partition coefficient (Wildman–Crippen LogP) is 1.73. The predicted molar refractivity (Wildman–Crippen MR) is 65.5 cm³/mol. The molecule has 0 saturated carbocycles. The van der Waals surface area contributed by atoms with Gasteiger partial charge in [0.15, 0.2) is 17.4 Å². The molecule has 0 aliphatic rings. The van der Waals surface area contributed by atoms with Crippen molar-refractivity contribution in [3.63, 3.8) is 0 Å². The van der Waals surface area contributed by atoms with Gasteiger partial charge in [-0.1, -0.05) is 5.16 Å². The first-order valence-electron chi connectivity index (χ1n) is 5.67. The Morgan fingerprint density at radius 1 is 1.44 bits per heavy atom. The quantitative estimate of drug-likeness (QED) is 0.256. The van der Waals surface area contributed by atoms with Crippen LogP contribution in [0.1, 0.15) is 18.9 Å². The molecular formula is C12H17FN2O3. The monoisotopic (exact) mass is 256 g/mol. The topological polar surface area (TPSA) is 77.1 Å². The van der Waals surface area contributed by atoms with Crippen molar-refractivity contribution in [2.75, 3.05) is 19.8 Å². The van der Waals surface area contributed by atoms with Crippen molar-refractivity contribution in [3.8, 4) is 5.75 Å². The minimum Gasteiger partial charge on any atom is -0.490 e. The van der Waals surface area contributed by atoms with Crippen molar-refractivity contribution in [2.24, 2.45) is 10.9 Å². The third-order valence-corrected chi connectivity index (χ3v) is 2.23. The summed E-state index contributed by atoms with van der Waals surface area (Å²) in [6.07, 6.45) is 0.690. The first-order valence-corrected chi connectivity index (χ1v) is 5.67. The number of nitrogens with zero attached hydrogens (tertiary/aromatic N) is 1. The summed E-state index contributed by atoms with van der Waals surface area (Å²) in [5.74, 6) is -0.548. The van der Waals surface area contributed by atoms with Gasteiger partial charge >= 0.3 is 0 Å². The molecule has 3 N–H and O–H groups in total. The number of oxime groups is 1. The Morgan fingerprint density at radius 2 is 2.22 bits per heavy atom. The lowest BCUT2D eigenvalue weighted by atomic mass is 10.2. The summed E-state index contributed by atoms with van der Waals surface area (Å²) in [5.41, 5.74) is 5.65. The van der Waals surface area contributed by atoms with E-state index in [4.69, 9.17) is 20.4 Å². The average Bonchev–Trinajstić information content (AvgIpc) is 2.39. The Morgan fingerprint density at radius 3 is 2.83 bits per heavy atom. The van der Waals surface area contributed by atoms with Crippen LogP contribution in [0.2, 0.25) is 0 Å². The molecule has 1 aromatic carbocycles. The molecule has 0 aromatic heterocycles. The molecule has 0 aliphatic heterocycles. The molecule has 0 radical (unpaired) electrons. The highest BCUT2D eigenvalue weighted by Gasteiger charge is 2.07. The molecule has 0 bridgehead atoms. The van der Waals surface area contributed by atoms with Gasteiger partial charge < -0.3 is 20.4 Å². The van der Waals surface area contributed by atoms with Crippen LogP contribution in [0.5, 0.6) is 5.75 Å². The third kappa shape index (κ3) is 4.21. The Bertz CT molecular complexity index is 410. The van der Waals surface area contributed by atoms with Crippen molar-refractivity contribution < 1.29 is 19.1 Å². The summed E-state index contributed by atoms with van der Waals surface area (Å²) in [5, 5.41) is 11.3. The Labute approximate surface area is 105 Å². The Balaban J connectivity index is 2.52. The summed E-state index contributed by atoms with van der Waals surface area (Å²) >= 11 is 0. The number of hydrogen-bond acceptors (Lipinski definition) is 4. The number of hydrogen-bond donors (Lipinski definition) is 2. The van der Waals surface area contributed by atoms with E-state index in [0.29, 0.717) is 31.8 Å². The molecule has 1 aromatic rings. The third-order valence-electron chi connectivity index (χ3n) is 2.23. The second kappa shape index (κ2) is 7.50. The van der Waals surface area contributed by atoms with E-state index in [9.17, 15) is 4.39 Å². The number of halogens is 1. The van der Waals surface area contributed by atoms with E-state index in [1.807, 2.05) is 6.92 Å². The maximum absolute atomic E-state index is 13.6. The van der Waals surface area contributed by atoms with Gasteiger partial charge in [0, 0.05) is 25.2 Å². The second-order valence-corrected chi connectivity index (χ2v) is 3.53. The minimum atomic E-state index is -0.546. The van der Waals surface area contributed by atoms with Gasteiger partial charge in [0.1, 0.15) is 0 Å². The molecule has 0 unspecified atom stereocenters. The average molecular weight is 256 g/mol. The number of benzene rings is 1. The van der Waals surface area contributed by atoms with Crippen molar-refractivity contribution in [2.45, 2.75) is 13.3 Å². The summed E-state index contributed by atoms with van der Waals surface area (Å²) in [6, 6.07) is 4.13. The molecule has 0 heterocycles. The lowest BCUT2D eigenvalue weighted by Crippen LogP contribution is -2.13. The summed E-state index contributed by atoms with van der Waals surface area (Å²) in [4.78, 5) is 0. The normalized spacial score (nSPS) is 11.6. The van der Waals surface area contributed by atoms with Crippen LogP contribution in [-0.4, -0.2) is 30.9 Å². The highest BCUT2D eigenvalue weighted by Crippen LogP contribution is 2.18. The van der Waals surface area contributed by atoms with Gasteiger partial charge in [-0.15, -0.1) is 0 Å². The van der Waals surface area contributed by atoms with Gasteiger partial charge in [0.05, 0.1) is 6.61 Å². The molecule has 0 fully saturated rings. The second-order valence-electron chi connectivity index (χ2n) is 3.53. The zero-order valence-electron chi connectivity index (χ0n) is 10.2. The van der Waals surface area contributed by atoms with Crippen LogP contribution in [-0.2, 0) is 4.74 Å². The van der Waals surface area contributed by atoms with Crippen LogP contribution in [0.15, 0.2) is 23.4 Å². The van der Waals surface area contributed by atoms with E-state index in [0.717, 1.165) is 6.07 Å². The molecule has 0 saturated heterocycles. The zero-order chi connectivity index (χ0) is 13.4. The van der Waals surface area contributed by atoms with Gasteiger partial charge in [-0.05, 0) is 25.1 Å². The molecule has 6 heteroatoms. The van der Waals surface area contributed by atoms with Gasteiger partial charge in [0.2, 0.25) is 0 Å². The molecule has 18 heavy (non-hydrogen) atoms. The fraction of sp³-hybridized carbons (Fsp3) is 0.417. The molecule has 100 valence electrons. The van der Waals surface area contributed by atoms with E-state index in [2.05, 4.69) is 5.16 Å². The SMILES string of the molecule is CCOCCCOc1ccc(/C(N)=N/O)cc1F. The number of ether oxygens (including phenoxy) is 2. The van der Waals surface area contributed by atoms with Crippen molar-refractivity contribution in [1.82, 2.24) is 0 Å². The fourth-order valence-corrected chi connectivity index (χ4v) is 1.32. The summed E-state index contributed by atoms with van der Waals surface area (Å²) < 4.78 is 24.0. The molecule has 5 nitrogen and oxygen atoms in total. The van der Waals surface area contributed by atoms with Crippen molar-refractivity contribution >= 4 is 5.84 Å². The highest BCUT2D eigenvalue weighted by atomic mass is 19.1. The zero-order valence-corrected chi connectivity index (χ0v) is 10.2. The van der Waals surface area contributed by atoms with Crippen molar-refractivity contribution in [1.29, 1.82) is 0 Å². The van der Waals surface area contributed by atoms with Crippen LogP contribution >= 0.6 is 0 Å². The van der Waals surface area contributed by atoms with E-state index in [1.165, 1.54) is 12.1 Å². The maximum atomic E-state index is 13.6. The molecule has 1 rings (SSSR count). The lowest BCUT2D eigenvalue weighted by Gasteiger charge is -2.08. The van der Waals surface area contributed by atoms with E-state index < -0.39 is 5.82 Å².